The van der Waals surface area contributed by atoms with Gasteiger partial charge in [0.15, 0.2) is 0 Å². The first-order valence-corrected chi connectivity index (χ1v) is 7.45. The first-order valence-electron chi connectivity index (χ1n) is 6.66. The summed E-state index contributed by atoms with van der Waals surface area (Å²) < 4.78 is 0.475. The van der Waals surface area contributed by atoms with Crippen LogP contribution in [0.2, 0.25) is 0 Å². The number of benzene rings is 1. The van der Waals surface area contributed by atoms with Gasteiger partial charge in [-0.15, -0.1) is 0 Å². The normalized spacial score (nSPS) is 14.7. The molecule has 0 atom stereocenters. The quantitative estimate of drug-likeness (QED) is 0.473. The summed E-state index contributed by atoms with van der Waals surface area (Å²) in [7, 11) is 0. The number of nitriles is 1. The van der Waals surface area contributed by atoms with Crippen molar-refractivity contribution < 1.29 is 9.72 Å². The van der Waals surface area contributed by atoms with E-state index in [2.05, 4.69) is 15.9 Å². The van der Waals surface area contributed by atoms with Crippen LogP contribution in [0.4, 0.5) is 5.69 Å². The number of hydrogen-bond acceptors (Lipinski definition) is 4. The lowest BCUT2D eigenvalue weighted by molar-refractivity contribution is -0.385. The summed E-state index contributed by atoms with van der Waals surface area (Å²) in [5.41, 5.74) is 0.0919. The SMILES string of the molecule is N#CCN(C(=O)c1cc(Br)cc([N+](=O)[O-])c1)C1CCCC1. The second-order valence-electron chi connectivity index (χ2n) is 4.98. The van der Waals surface area contributed by atoms with E-state index in [1.165, 1.54) is 17.0 Å². The van der Waals surface area contributed by atoms with Crippen molar-refractivity contribution >= 4 is 27.5 Å². The van der Waals surface area contributed by atoms with Gasteiger partial charge in [-0.1, -0.05) is 28.8 Å². The highest BCUT2D eigenvalue weighted by Crippen LogP contribution is 2.27. The molecule has 1 aliphatic carbocycles. The summed E-state index contributed by atoms with van der Waals surface area (Å²) in [6.07, 6.45) is 3.84. The molecule has 0 saturated heterocycles. The van der Waals surface area contributed by atoms with Crippen LogP contribution in [0, 0.1) is 21.4 Å². The molecule has 21 heavy (non-hydrogen) atoms. The molecule has 1 aromatic carbocycles. The molecule has 0 heterocycles. The molecule has 0 N–H and O–H groups in total. The van der Waals surface area contributed by atoms with Crippen molar-refractivity contribution in [2.45, 2.75) is 31.7 Å². The van der Waals surface area contributed by atoms with Gasteiger partial charge in [-0.25, -0.2) is 0 Å². The van der Waals surface area contributed by atoms with Crippen LogP contribution in [0.5, 0.6) is 0 Å². The molecule has 7 heteroatoms. The second-order valence-corrected chi connectivity index (χ2v) is 5.90. The Balaban J connectivity index is 2.32. The van der Waals surface area contributed by atoms with Gasteiger partial charge >= 0.3 is 0 Å². The first kappa shape index (κ1) is 15.4. The van der Waals surface area contributed by atoms with Crippen molar-refractivity contribution in [1.82, 2.24) is 4.90 Å². The van der Waals surface area contributed by atoms with Crippen LogP contribution in [-0.4, -0.2) is 28.3 Å². The van der Waals surface area contributed by atoms with Gasteiger partial charge in [-0.2, -0.15) is 5.26 Å². The smallest absolute Gasteiger partial charge is 0.271 e. The molecule has 0 spiro atoms. The monoisotopic (exact) mass is 351 g/mol. The highest BCUT2D eigenvalue weighted by atomic mass is 79.9. The highest BCUT2D eigenvalue weighted by molar-refractivity contribution is 9.10. The summed E-state index contributed by atoms with van der Waals surface area (Å²) in [6.45, 7) is 0.00378. The predicted molar refractivity (Wildman–Crippen MR) is 79.7 cm³/mol. The molecule has 1 aliphatic rings. The summed E-state index contributed by atoms with van der Waals surface area (Å²) in [4.78, 5) is 24.5. The number of carbonyl (C=O) groups is 1. The molecule has 0 aromatic heterocycles. The Labute approximate surface area is 130 Å². The number of carbonyl (C=O) groups excluding carboxylic acids is 1. The number of nitrogens with zero attached hydrogens (tertiary/aromatic N) is 3. The molecule has 0 unspecified atom stereocenters. The first-order chi connectivity index (χ1) is 10.0. The fraction of sp³-hybridized carbons (Fsp3) is 0.429. The van der Waals surface area contributed by atoms with E-state index >= 15 is 0 Å². The Morgan fingerprint density at radius 1 is 1.43 bits per heavy atom. The molecule has 6 nitrogen and oxygen atoms in total. The summed E-state index contributed by atoms with van der Waals surface area (Å²) in [6, 6.07) is 6.21. The third-order valence-corrected chi connectivity index (χ3v) is 4.07. The average Bonchev–Trinajstić information content (AvgIpc) is 2.97. The Morgan fingerprint density at radius 3 is 2.67 bits per heavy atom. The number of nitro benzene ring substituents is 1. The molecule has 0 aliphatic heterocycles. The summed E-state index contributed by atoms with van der Waals surface area (Å²) in [5.74, 6) is -0.326. The standard InChI is InChI=1S/C14H14BrN3O3/c15-11-7-10(8-13(9-11)18(20)21)14(19)17(6-5-16)12-3-1-2-4-12/h7-9,12H,1-4,6H2. The maximum absolute atomic E-state index is 12.6. The maximum atomic E-state index is 12.6. The minimum absolute atomic E-state index is 0.00378. The lowest BCUT2D eigenvalue weighted by Crippen LogP contribution is -2.39. The van der Waals surface area contributed by atoms with E-state index in [1.807, 2.05) is 6.07 Å². The highest BCUT2D eigenvalue weighted by Gasteiger charge is 2.28. The largest absolute Gasteiger partial charge is 0.322 e. The molecule has 0 bridgehead atoms. The van der Waals surface area contributed by atoms with E-state index in [-0.39, 0.29) is 29.7 Å². The van der Waals surface area contributed by atoms with E-state index in [9.17, 15) is 14.9 Å². The Hall–Kier alpha value is -1.94. The Morgan fingerprint density at radius 2 is 2.10 bits per heavy atom. The van der Waals surface area contributed by atoms with Crippen molar-refractivity contribution in [1.29, 1.82) is 5.26 Å². The number of non-ortho nitro benzene ring substituents is 1. The molecule has 1 fully saturated rings. The third-order valence-electron chi connectivity index (χ3n) is 3.61. The van der Waals surface area contributed by atoms with Crippen LogP contribution in [0.3, 0.4) is 0 Å². The van der Waals surface area contributed by atoms with E-state index < -0.39 is 4.92 Å². The topological polar surface area (TPSA) is 87.2 Å². The van der Waals surface area contributed by atoms with Gasteiger partial charge in [0.25, 0.3) is 11.6 Å². The van der Waals surface area contributed by atoms with Gasteiger partial charge < -0.3 is 4.90 Å². The molecule has 1 amide bonds. The number of nitro groups is 1. The van der Waals surface area contributed by atoms with E-state index in [4.69, 9.17) is 5.26 Å². The van der Waals surface area contributed by atoms with E-state index in [1.54, 1.807) is 6.07 Å². The molecule has 1 saturated carbocycles. The molecule has 1 aromatic rings. The van der Waals surface area contributed by atoms with Crippen LogP contribution in [0.1, 0.15) is 36.0 Å². The van der Waals surface area contributed by atoms with Gasteiger partial charge in [0.2, 0.25) is 0 Å². The van der Waals surface area contributed by atoms with Crippen LogP contribution < -0.4 is 0 Å². The van der Waals surface area contributed by atoms with E-state index in [0.29, 0.717) is 4.47 Å². The molecule has 110 valence electrons. The number of halogens is 1. The second kappa shape index (κ2) is 6.68. The van der Waals surface area contributed by atoms with E-state index in [0.717, 1.165) is 25.7 Å². The lowest BCUT2D eigenvalue weighted by atomic mass is 10.1. The number of hydrogen-bond donors (Lipinski definition) is 0. The van der Waals surface area contributed by atoms with Crippen molar-refractivity contribution in [3.8, 4) is 6.07 Å². The van der Waals surface area contributed by atoms with Gasteiger partial charge in [0.1, 0.15) is 6.54 Å². The zero-order valence-corrected chi connectivity index (χ0v) is 12.9. The fourth-order valence-corrected chi connectivity index (χ4v) is 3.11. The molecule has 0 radical (unpaired) electrons. The van der Waals surface area contributed by atoms with Crippen LogP contribution in [0.15, 0.2) is 22.7 Å². The maximum Gasteiger partial charge on any atom is 0.271 e. The van der Waals surface area contributed by atoms with Crippen LogP contribution in [-0.2, 0) is 0 Å². The molecular weight excluding hydrogens is 338 g/mol. The van der Waals surface area contributed by atoms with Crippen LogP contribution >= 0.6 is 15.9 Å². The average molecular weight is 352 g/mol. The minimum Gasteiger partial charge on any atom is -0.322 e. The van der Waals surface area contributed by atoms with Crippen molar-refractivity contribution in [3.63, 3.8) is 0 Å². The van der Waals surface area contributed by atoms with Gasteiger partial charge in [0.05, 0.1) is 11.0 Å². The zero-order valence-electron chi connectivity index (χ0n) is 11.3. The predicted octanol–water partition coefficient (Wildman–Crippen LogP) is 3.27. The zero-order chi connectivity index (χ0) is 15.4. The Kier molecular flexibility index (Phi) is 4.91. The van der Waals surface area contributed by atoms with Gasteiger partial charge in [-0.05, 0) is 18.9 Å². The summed E-state index contributed by atoms with van der Waals surface area (Å²) >= 11 is 3.18. The number of amides is 1. The molecular formula is C14H14BrN3O3. The minimum atomic E-state index is -0.536. The Bertz CT molecular complexity index is 606. The lowest BCUT2D eigenvalue weighted by Gasteiger charge is -2.26. The summed E-state index contributed by atoms with van der Waals surface area (Å²) in [5, 5.41) is 19.8. The van der Waals surface area contributed by atoms with Gasteiger partial charge in [0, 0.05) is 28.2 Å². The van der Waals surface area contributed by atoms with Crippen molar-refractivity contribution in [2.75, 3.05) is 6.54 Å². The van der Waals surface area contributed by atoms with Crippen molar-refractivity contribution in [2.24, 2.45) is 0 Å². The van der Waals surface area contributed by atoms with Gasteiger partial charge in [-0.3, -0.25) is 14.9 Å². The molecule has 2 rings (SSSR count). The fourth-order valence-electron chi connectivity index (χ4n) is 2.63. The van der Waals surface area contributed by atoms with Crippen LogP contribution in [0.25, 0.3) is 0 Å². The number of rotatable bonds is 4. The van der Waals surface area contributed by atoms with Crippen molar-refractivity contribution in [3.05, 3.63) is 38.3 Å². The third kappa shape index (κ3) is 3.58.